The number of phenolic OH excluding ortho intramolecular Hbond substituents is 1. The molecule has 0 aliphatic heterocycles. The van der Waals surface area contributed by atoms with Gasteiger partial charge >= 0.3 is 0 Å². The molecule has 1 N–H and O–H groups in total. The van der Waals surface area contributed by atoms with Crippen LogP contribution in [0.1, 0.15) is 12.0 Å². The van der Waals surface area contributed by atoms with Crippen molar-refractivity contribution in [3.8, 4) is 5.75 Å². The van der Waals surface area contributed by atoms with Gasteiger partial charge in [0.15, 0.2) is 0 Å². The van der Waals surface area contributed by atoms with Gasteiger partial charge in [0.2, 0.25) is 0 Å². The van der Waals surface area contributed by atoms with Crippen LogP contribution >= 0.6 is 0 Å². The average Bonchev–Trinajstić information content (AvgIpc) is 2.04. The molecule has 0 bridgehead atoms. The Morgan fingerprint density at radius 1 is 1.18 bits per heavy atom. The first-order valence-corrected chi connectivity index (χ1v) is 3.71. The smallest absolute Gasteiger partial charge is 0.115 e. The molecule has 1 aromatic rings. The molecule has 2 heteroatoms. The molecule has 0 aromatic heterocycles. The summed E-state index contributed by atoms with van der Waals surface area (Å²) in [5.74, 6) is 0.290. The van der Waals surface area contributed by atoms with E-state index in [9.17, 15) is 0 Å². The fourth-order valence-electron chi connectivity index (χ4n) is 0.946. The molecular weight excluding hydrogens is 138 g/mol. The zero-order valence-electron chi connectivity index (χ0n) is 6.33. The van der Waals surface area contributed by atoms with E-state index in [2.05, 4.69) is 0 Å². The van der Waals surface area contributed by atoms with Crippen molar-refractivity contribution in [1.82, 2.24) is 5.73 Å². The van der Waals surface area contributed by atoms with E-state index in [1.807, 2.05) is 12.1 Å². The summed E-state index contributed by atoms with van der Waals surface area (Å²) in [6, 6.07) is 7.05. The van der Waals surface area contributed by atoms with Crippen molar-refractivity contribution in [2.45, 2.75) is 12.8 Å². The van der Waals surface area contributed by atoms with Gasteiger partial charge in [0, 0.05) is 6.54 Å². The summed E-state index contributed by atoms with van der Waals surface area (Å²) in [5.41, 5.74) is 9.68. The van der Waals surface area contributed by atoms with Gasteiger partial charge < -0.3 is 5.11 Å². The molecule has 0 unspecified atom stereocenters. The van der Waals surface area contributed by atoms with Gasteiger partial charge in [0.1, 0.15) is 5.75 Å². The highest BCUT2D eigenvalue weighted by atomic mass is 16.3. The zero-order valence-corrected chi connectivity index (χ0v) is 6.33. The highest BCUT2D eigenvalue weighted by molar-refractivity contribution is 5.25. The molecule has 1 rings (SSSR count). The average molecular weight is 149 g/mol. The van der Waals surface area contributed by atoms with Crippen molar-refractivity contribution in [3.63, 3.8) is 0 Å². The van der Waals surface area contributed by atoms with Crippen LogP contribution in [0.15, 0.2) is 24.3 Å². The summed E-state index contributed by atoms with van der Waals surface area (Å²) in [6.07, 6.45) is 1.65. The molecular formula is C9H11NO. The summed E-state index contributed by atoms with van der Waals surface area (Å²) < 4.78 is 0. The Kier molecular flexibility index (Phi) is 2.93. The SMILES string of the molecule is [N]CCCc1ccc(O)cc1. The first-order chi connectivity index (χ1) is 5.33. The van der Waals surface area contributed by atoms with Crippen LogP contribution in [0.4, 0.5) is 0 Å². The topological polar surface area (TPSA) is 42.5 Å². The fraction of sp³-hybridized carbons (Fsp3) is 0.333. The molecule has 0 aliphatic carbocycles. The number of aryl methyl sites for hydroxylation is 1. The molecule has 11 heavy (non-hydrogen) atoms. The van der Waals surface area contributed by atoms with E-state index in [0.29, 0.717) is 0 Å². The quantitative estimate of drug-likeness (QED) is 0.693. The van der Waals surface area contributed by atoms with Crippen LogP contribution < -0.4 is 5.73 Å². The third-order valence-electron chi connectivity index (χ3n) is 1.56. The summed E-state index contributed by atoms with van der Waals surface area (Å²) >= 11 is 0. The molecule has 0 amide bonds. The lowest BCUT2D eigenvalue weighted by molar-refractivity contribution is 0.475. The van der Waals surface area contributed by atoms with Crippen molar-refractivity contribution < 1.29 is 5.11 Å². The third kappa shape index (κ3) is 2.60. The van der Waals surface area contributed by atoms with Gasteiger partial charge in [0.05, 0.1) is 0 Å². The molecule has 0 saturated heterocycles. The lowest BCUT2D eigenvalue weighted by atomic mass is 10.1. The van der Waals surface area contributed by atoms with Crippen molar-refractivity contribution in [2.24, 2.45) is 0 Å². The van der Waals surface area contributed by atoms with E-state index in [-0.39, 0.29) is 12.3 Å². The van der Waals surface area contributed by atoms with Gasteiger partial charge in [-0.1, -0.05) is 12.1 Å². The second kappa shape index (κ2) is 3.98. The number of rotatable bonds is 3. The first kappa shape index (κ1) is 8.08. The molecule has 2 nitrogen and oxygen atoms in total. The lowest BCUT2D eigenvalue weighted by Crippen LogP contribution is -1.89. The van der Waals surface area contributed by atoms with E-state index in [1.54, 1.807) is 12.1 Å². The highest BCUT2D eigenvalue weighted by Crippen LogP contribution is 2.10. The Balaban J connectivity index is 2.52. The monoisotopic (exact) mass is 149 g/mol. The Labute approximate surface area is 66.7 Å². The van der Waals surface area contributed by atoms with Gasteiger partial charge in [-0.25, -0.2) is 0 Å². The molecule has 0 spiro atoms. The van der Waals surface area contributed by atoms with E-state index >= 15 is 0 Å². The van der Waals surface area contributed by atoms with Gasteiger partial charge in [-0.15, -0.1) is 5.73 Å². The van der Waals surface area contributed by atoms with Crippen LogP contribution in [0.5, 0.6) is 5.75 Å². The predicted octanol–water partition coefficient (Wildman–Crippen LogP) is 1.39. The summed E-state index contributed by atoms with van der Waals surface area (Å²) in [6.45, 7) is 0.223. The predicted molar refractivity (Wildman–Crippen MR) is 43.4 cm³/mol. The first-order valence-electron chi connectivity index (χ1n) is 3.71. The van der Waals surface area contributed by atoms with Gasteiger partial charge in [-0.3, -0.25) is 0 Å². The number of benzene rings is 1. The number of phenols is 1. The molecule has 0 saturated carbocycles. The van der Waals surface area contributed by atoms with Crippen molar-refractivity contribution >= 4 is 0 Å². The standard InChI is InChI=1S/C9H11NO/c10-7-1-2-8-3-5-9(11)6-4-8/h3-6,11H,1-2,7H2. The maximum atomic E-state index is 8.93. The van der Waals surface area contributed by atoms with E-state index < -0.39 is 0 Å². The Bertz CT molecular complexity index is 205. The molecule has 0 fully saturated rings. The normalized spacial score (nSPS) is 9.91. The van der Waals surface area contributed by atoms with E-state index in [4.69, 9.17) is 10.8 Å². The van der Waals surface area contributed by atoms with Crippen molar-refractivity contribution in [1.29, 1.82) is 0 Å². The lowest BCUT2D eigenvalue weighted by Gasteiger charge is -1.97. The van der Waals surface area contributed by atoms with Gasteiger partial charge in [-0.05, 0) is 30.5 Å². The molecule has 1 aromatic carbocycles. The second-order valence-electron chi connectivity index (χ2n) is 2.49. The maximum Gasteiger partial charge on any atom is 0.115 e. The number of aromatic hydroxyl groups is 1. The van der Waals surface area contributed by atoms with Crippen LogP contribution in [-0.2, 0) is 6.42 Å². The highest BCUT2D eigenvalue weighted by Gasteiger charge is 1.91. The molecule has 0 heterocycles. The molecule has 2 radical (unpaired) electrons. The second-order valence-corrected chi connectivity index (χ2v) is 2.49. The van der Waals surface area contributed by atoms with Gasteiger partial charge in [-0.2, -0.15) is 0 Å². The van der Waals surface area contributed by atoms with Crippen LogP contribution in [-0.4, -0.2) is 11.7 Å². The van der Waals surface area contributed by atoms with Gasteiger partial charge in [0.25, 0.3) is 0 Å². The third-order valence-corrected chi connectivity index (χ3v) is 1.56. The number of hydrogen-bond acceptors (Lipinski definition) is 1. The van der Waals surface area contributed by atoms with Crippen LogP contribution in [0.25, 0.3) is 0 Å². The Morgan fingerprint density at radius 3 is 2.36 bits per heavy atom. The molecule has 0 atom stereocenters. The van der Waals surface area contributed by atoms with Crippen molar-refractivity contribution in [2.75, 3.05) is 6.54 Å². The molecule has 58 valence electrons. The van der Waals surface area contributed by atoms with E-state index in [0.717, 1.165) is 18.4 Å². The van der Waals surface area contributed by atoms with E-state index in [1.165, 1.54) is 0 Å². The minimum absolute atomic E-state index is 0.223. The minimum atomic E-state index is 0.223. The number of nitrogens with zero attached hydrogens (tertiary/aromatic N) is 1. The maximum absolute atomic E-state index is 8.93. The fourth-order valence-corrected chi connectivity index (χ4v) is 0.946. The Hall–Kier alpha value is -1.02. The summed E-state index contributed by atoms with van der Waals surface area (Å²) in [5, 5.41) is 8.93. The molecule has 0 aliphatic rings. The van der Waals surface area contributed by atoms with Crippen LogP contribution in [0.3, 0.4) is 0 Å². The Morgan fingerprint density at radius 2 is 1.82 bits per heavy atom. The zero-order chi connectivity index (χ0) is 8.10. The summed E-state index contributed by atoms with van der Waals surface area (Å²) in [4.78, 5) is 0. The number of hydrogen-bond donors (Lipinski definition) is 1. The summed E-state index contributed by atoms with van der Waals surface area (Å²) in [7, 11) is 0. The van der Waals surface area contributed by atoms with Crippen LogP contribution in [0, 0.1) is 0 Å². The van der Waals surface area contributed by atoms with Crippen molar-refractivity contribution in [3.05, 3.63) is 29.8 Å². The van der Waals surface area contributed by atoms with Crippen LogP contribution in [0.2, 0.25) is 0 Å². The largest absolute Gasteiger partial charge is 0.508 e. The minimum Gasteiger partial charge on any atom is -0.508 e.